The highest BCUT2D eigenvalue weighted by atomic mass is 19.1. The van der Waals surface area contributed by atoms with Crippen molar-refractivity contribution in [1.82, 2.24) is 15.2 Å². The Hall–Kier alpha value is -3.20. The lowest BCUT2D eigenvalue weighted by Crippen LogP contribution is -2.43. The summed E-state index contributed by atoms with van der Waals surface area (Å²) in [5.41, 5.74) is 13.1. The molecule has 146 valence electrons. The molecule has 1 saturated carbocycles. The van der Waals surface area contributed by atoms with E-state index in [2.05, 4.69) is 25.8 Å². The van der Waals surface area contributed by atoms with Gasteiger partial charge in [-0.15, -0.1) is 0 Å². The first-order chi connectivity index (χ1) is 13.5. The Balaban J connectivity index is 1.70. The first-order valence-electron chi connectivity index (χ1n) is 9.24. The van der Waals surface area contributed by atoms with E-state index in [0.717, 1.165) is 42.7 Å². The summed E-state index contributed by atoms with van der Waals surface area (Å²) in [6.07, 6.45) is 5.48. The second-order valence-electron chi connectivity index (χ2n) is 7.04. The van der Waals surface area contributed by atoms with Crippen LogP contribution in [0.25, 0.3) is 10.9 Å². The first-order valence-corrected chi connectivity index (χ1v) is 9.24. The fraction of sp³-hybridized carbons (Fsp3) is 0.316. The molecule has 2 heterocycles. The molecule has 1 unspecified atom stereocenters. The van der Waals surface area contributed by atoms with Gasteiger partial charge in [0, 0.05) is 17.5 Å². The summed E-state index contributed by atoms with van der Waals surface area (Å²) in [7, 11) is 0. The van der Waals surface area contributed by atoms with Crippen LogP contribution in [-0.4, -0.2) is 33.2 Å². The van der Waals surface area contributed by atoms with Gasteiger partial charge in [-0.2, -0.15) is 5.10 Å². The largest absolute Gasteiger partial charge is 0.365 e. The molecule has 1 aliphatic rings. The highest BCUT2D eigenvalue weighted by Crippen LogP contribution is 2.29. The van der Waals surface area contributed by atoms with Crippen molar-refractivity contribution in [2.45, 2.75) is 37.8 Å². The number of anilines is 3. The van der Waals surface area contributed by atoms with Gasteiger partial charge in [0.1, 0.15) is 5.82 Å². The average molecular weight is 383 g/mol. The molecule has 0 radical (unpaired) electrons. The number of carbonyl (C=O) groups is 1. The highest BCUT2D eigenvalue weighted by Gasteiger charge is 2.24. The van der Waals surface area contributed by atoms with E-state index in [9.17, 15) is 9.18 Å². The van der Waals surface area contributed by atoms with Crippen LogP contribution in [0, 0.1) is 5.82 Å². The van der Waals surface area contributed by atoms with Gasteiger partial charge in [0.2, 0.25) is 0 Å². The molecule has 2 aromatic heterocycles. The minimum absolute atomic E-state index is 0.0310. The molecule has 8 nitrogen and oxygen atoms in total. The van der Waals surface area contributed by atoms with Gasteiger partial charge in [0.25, 0.3) is 5.91 Å². The Morgan fingerprint density at radius 3 is 2.86 bits per heavy atom. The Morgan fingerprint density at radius 2 is 2.07 bits per heavy atom. The predicted molar refractivity (Wildman–Crippen MR) is 106 cm³/mol. The summed E-state index contributed by atoms with van der Waals surface area (Å²) >= 11 is 0. The Kier molecular flexibility index (Phi) is 4.82. The van der Waals surface area contributed by atoms with Crippen LogP contribution in [0.3, 0.4) is 0 Å². The lowest BCUT2D eigenvalue weighted by Gasteiger charge is -2.30. The molecule has 9 heteroatoms. The number of nitrogens with zero attached hydrogens (tertiary/aromatic N) is 2. The van der Waals surface area contributed by atoms with Crippen molar-refractivity contribution in [3.05, 3.63) is 41.8 Å². The third kappa shape index (κ3) is 3.48. The lowest BCUT2D eigenvalue weighted by molar-refractivity contribution is 0.100. The third-order valence-corrected chi connectivity index (χ3v) is 5.12. The van der Waals surface area contributed by atoms with Gasteiger partial charge in [0.15, 0.2) is 11.6 Å². The summed E-state index contributed by atoms with van der Waals surface area (Å²) in [5, 5.41) is 13.9. The van der Waals surface area contributed by atoms with Crippen LogP contribution >= 0.6 is 0 Å². The van der Waals surface area contributed by atoms with Gasteiger partial charge < -0.3 is 22.1 Å². The number of benzene rings is 1. The standard InChI is InChI=1S/C19H22FN7O/c20-12-8-10(17(22)28)18(24-14-6-3-7-15-11(14)9-23-27-15)26-19(12)25-16-5-2-1-4-13(16)21/h3,6-9,13,16H,1-2,4-5,21H2,(H2,22,28)(H,23,27)(H2,24,25,26)/t13?,16-/m1/s1. The SMILES string of the molecule is NC(=O)c1cc(F)c(N[C@@H]2CCCCC2N)nc1Nc1cccc2[nH]ncc12. The fourth-order valence-electron chi connectivity index (χ4n) is 3.59. The van der Waals surface area contributed by atoms with Crippen LogP contribution in [0.2, 0.25) is 0 Å². The van der Waals surface area contributed by atoms with Crippen molar-refractivity contribution in [2.24, 2.45) is 11.5 Å². The number of amides is 1. The number of carbonyl (C=O) groups excluding carboxylic acids is 1. The van der Waals surface area contributed by atoms with E-state index in [1.807, 2.05) is 18.2 Å². The van der Waals surface area contributed by atoms with Crippen molar-refractivity contribution in [2.75, 3.05) is 10.6 Å². The molecule has 4 rings (SSSR count). The van der Waals surface area contributed by atoms with Crippen LogP contribution < -0.4 is 22.1 Å². The Bertz CT molecular complexity index is 1020. The van der Waals surface area contributed by atoms with Gasteiger partial charge in [-0.25, -0.2) is 9.37 Å². The van der Waals surface area contributed by atoms with Crippen LogP contribution in [0.5, 0.6) is 0 Å². The number of aromatic amines is 1. The summed E-state index contributed by atoms with van der Waals surface area (Å²) in [4.78, 5) is 16.2. The third-order valence-electron chi connectivity index (χ3n) is 5.12. The lowest BCUT2D eigenvalue weighted by atomic mass is 9.91. The second kappa shape index (κ2) is 7.43. The molecular formula is C19H22FN7O. The molecule has 1 fully saturated rings. The number of primary amides is 1. The van der Waals surface area contributed by atoms with Crippen LogP contribution in [0.15, 0.2) is 30.5 Å². The summed E-state index contributed by atoms with van der Waals surface area (Å²) in [5.74, 6) is -1.18. The van der Waals surface area contributed by atoms with Crippen LogP contribution in [0.4, 0.5) is 21.7 Å². The molecule has 1 aromatic carbocycles. The number of rotatable bonds is 5. The molecule has 0 bridgehead atoms. The van der Waals surface area contributed by atoms with Crippen LogP contribution in [-0.2, 0) is 0 Å². The van der Waals surface area contributed by atoms with Gasteiger partial charge in [0.05, 0.1) is 23.0 Å². The van der Waals surface area contributed by atoms with Crippen LogP contribution in [0.1, 0.15) is 36.0 Å². The minimum atomic E-state index is -0.769. The zero-order chi connectivity index (χ0) is 19.7. The normalized spacial score (nSPS) is 19.5. The number of pyridine rings is 1. The molecule has 0 saturated heterocycles. The van der Waals surface area contributed by atoms with E-state index < -0.39 is 11.7 Å². The molecule has 0 aliphatic heterocycles. The second-order valence-corrected chi connectivity index (χ2v) is 7.04. The van der Waals surface area contributed by atoms with Gasteiger partial charge in [-0.3, -0.25) is 9.89 Å². The smallest absolute Gasteiger partial charge is 0.252 e. The fourth-order valence-corrected chi connectivity index (χ4v) is 3.59. The van der Waals surface area contributed by atoms with E-state index in [0.29, 0.717) is 5.69 Å². The number of nitrogens with one attached hydrogen (secondary N) is 3. The number of fused-ring (bicyclic) bond motifs is 1. The van der Waals surface area contributed by atoms with E-state index in [-0.39, 0.29) is 29.3 Å². The van der Waals surface area contributed by atoms with Crippen molar-refractivity contribution in [3.63, 3.8) is 0 Å². The Labute approximate surface area is 160 Å². The van der Waals surface area contributed by atoms with E-state index in [1.165, 1.54) is 0 Å². The van der Waals surface area contributed by atoms with E-state index >= 15 is 0 Å². The molecule has 0 spiro atoms. The van der Waals surface area contributed by atoms with E-state index in [4.69, 9.17) is 11.5 Å². The number of hydrogen-bond donors (Lipinski definition) is 5. The van der Waals surface area contributed by atoms with Crippen molar-refractivity contribution in [3.8, 4) is 0 Å². The van der Waals surface area contributed by atoms with Gasteiger partial charge >= 0.3 is 0 Å². The topological polar surface area (TPSA) is 135 Å². The molecule has 1 amide bonds. The summed E-state index contributed by atoms with van der Waals surface area (Å²) in [6.45, 7) is 0. The molecule has 2 atom stereocenters. The first kappa shape index (κ1) is 18.2. The minimum Gasteiger partial charge on any atom is -0.365 e. The van der Waals surface area contributed by atoms with Gasteiger partial charge in [-0.1, -0.05) is 18.9 Å². The van der Waals surface area contributed by atoms with Crippen molar-refractivity contribution < 1.29 is 9.18 Å². The zero-order valence-electron chi connectivity index (χ0n) is 15.2. The number of nitrogens with two attached hydrogens (primary N) is 2. The maximum atomic E-state index is 14.6. The van der Waals surface area contributed by atoms with E-state index in [1.54, 1.807) is 6.20 Å². The molecule has 7 N–H and O–H groups in total. The van der Waals surface area contributed by atoms with Crippen molar-refractivity contribution in [1.29, 1.82) is 0 Å². The summed E-state index contributed by atoms with van der Waals surface area (Å²) < 4.78 is 14.6. The maximum Gasteiger partial charge on any atom is 0.252 e. The monoisotopic (exact) mass is 383 g/mol. The number of H-pyrrole nitrogens is 1. The highest BCUT2D eigenvalue weighted by molar-refractivity contribution is 6.00. The number of halogens is 1. The maximum absolute atomic E-state index is 14.6. The predicted octanol–water partition coefficient (Wildman–Crippen LogP) is 2.62. The van der Waals surface area contributed by atoms with Gasteiger partial charge in [-0.05, 0) is 31.0 Å². The number of aromatic nitrogens is 3. The molecular weight excluding hydrogens is 361 g/mol. The average Bonchev–Trinajstić information content (AvgIpc) is 3.15. The molecule has 3 aromatic rings. The zero-order valence-corrected chi connectivity index (χ0v) is 15.2. The molecule has 28 heavy (non-hydrogen) atoms. The Morgan fingerprint density at radius 1 is 1.25 bits per heavy atom. The molecule has 1 aliphatic carbocycles. The quantitative estimate of drug-likeness (QED) is 0.460. The number of hydrogen-bond acceptors (Lipinski definition) is 6. The summed E-state index contributed by atoms with van der Waals surface area (Å²) in [6, 6.07) is 6.48. The van der Waals surface area contributed by atoms with Crippen molar-refractivity contribution >= 4 is 34.1 Å².